The molecule has 2 aromatic rings. The van der Waals surface area contributed by atoms with Gasteiger partial charge >= 0.3 is 11.9 Å². The van der Waals surface area contributed by atoms with Crippen molar-refractivity contribution >= 4 is 35.0 Å². The van der Waals surface area contributed by atoms with Gasteiger partial charge in [-0.15, -0.1) is 11.3 Å². The van der Waals surface area contributed by atoms with Crippen LogP contribution in [-0.4, -0.2) is 27.1 Å². The Kier molecular flexibility index (Phi) is 3.91. The summed E-state index contributed by atoms with van der Waals surface area (Å²) in [5.74, 6) is -1.31. The molecule has 2 heterocycles. The van der Waals surface area contributed by atoms with Crippen molar-refractivity contribution in [3.8, 4) is 0 Å². The summed E-state index contributed by atoms with van der Waals surface area (Å²) in [4.78, 5) is 25.8. The van der Waals surface area contributed by atoms with Crippen LogP contribution in [-0.2, 0) is 5.75 Å². The van der Waals surface area contributed by atoms with Gasteiger partial charge in [-0.05, 0) is 19.1 Å². The van der Waals surface area contributed by atoms with E-state index in [0.717, 1.165) is 11.3 Å². The van der Waals surface area contributed by atoms with Crippen LogP contribution >= 0.6 is 23.1 Å². The number of furan rings is 1. The minimum atomic E-state index is -1.12. The van der Waals surface area contributed by atoms with E-state index >= 15 is 0 Å². The standard InChI is InChI=1S/C11H9NO5S2/c1-5-8(10(15)16)19-11(12-5)18-4-6-2-3-7(17-6)9(13)14/h2-3H,4H2,1H3,(H,13,14)(H,15,16). The number of rotatable bonds is 5. The van der Waals surface area contributed by atoms with E-state index in [1.165, 1.54) is 17.8 Å². The molecule has 0 aromatic carbocycles. The molecule has 0 aliphatic heterocycles. The molecule has 2 aromatic heterocycles. The summed E-state index contributed by atoms with van der Waals surface area (Å²) in [6.45, 7) is 1.64. The molecule has 0 atom stereocenters. The van der Waals surface area contributed by atoms with Gasteiger partial charge < -0.3 is 14.6 Å². The van der Waals surface area contributed by atoms with E-state index in [4.69, 9.17) is 14.6 Å². The van der Waals surface area contributed by atoms with Crippen molar-refractivity contribution in [1.29, 1.82) is 0 Å². The molecule has 0 saturated heterocycles. The smallest absolute Gasteiger partial charge is 0.371 e. The van der Waals surface area contributed by atoms with Crippen molar-refractivity contribution in [3.63, 3.8) is 0 Å². The first kappa shape index (κ1) is 13.6. The average Bonchev–Trinajstić information content (AvgIpc) is 2.92. The molecule has 0 radical (unpaired) electrons. The van der Waals surface area contributed by atoms with Gasteiger partial charge in [0.05, 0.1) is 11.4 Å². The second-order valence-corrected chi connectivity index (χ2v) is 5.78. The maximum absolute atomic E-state index is 10.9. The number of hydrogen-bond donors (Lipinski definition) is 2. The van der Waals surface area contributed by atoms with Gasteiger partial charge in [-0.1, -0.05) is 11.8 Å². The molecule has 19 heavy (non-hydrogen) atoms. The summed E-state index contributed by atoms with van der Waals surface area (Å²) < 4.78 is 5.71. The number of hydrogen-bond acceptors (Lipinski definition) is 6. The van der Waals surface area contributed by atoms with E-state index in [-0.39, 0.29) is 10.6 Å². The lowest BCUT2D eigenvalue weighted by atomic mass is 10.4. The molecular weight excluding hydrogens is 290 g/mol. The first-order valence-electron chi connectivity index (χ1n) is 5.13. The van der Waals surface area contributed by atoms with Crippen LogP contribution < -0.4 is 0 Å². The minimum Gasteiger partial charge on any atom is -0.477 e. The summed E-state index contributed by atoms with van der Waals surface area (Å²) in [6.07, 6.45) is 0. The number of aromatic nitrogens is 1. The largest absolute Gasteiger partial charge is 0.477 e. The highest BCUT2D eigenvalue weighted by Crippen LogP contribution is 2.30. The lowest BCUT2D eigenvalue weighted by Gasteiger charge is -1.93. The van der Waals surface area contributed by atoms with Gasteiger partial charge in [-0.2, -0.15) is 0 Å². The van der Waals surface area contributed by atoms with E-state index in [0.29, 0.717) is 21.5 Å². The summed E-state index contributed by atoms with van der Waals surface area (Å²) in [6, 6.07) is 2.96. The fourth-order valence-corrected chi connectivity index (χ4v) is 3.26. The van der Waals surface area contributed by atoms with Crippen molar-refractivity contribution in [2.75, 3.05) is 0 Å². The fraction of sp³-hybridized carbons (Fsp3) is 0.182. The SMILES string of the molecule is Cc1nc(SCc2ccc(C(=O)O)o2)sc1C(=O)O. The van der Waals surface area contributed by atoms with Crippen LogP contribution in [0, 0.1) is 6.92 Å². The molecule has 8 heteroatoms. The van der Waals surface area contributed by atoms with Gasteiger partial charge in [0.25, 0.3) is 0 Å². The predicted molar refractivity (Wildman–Crippen MR) is 69.0 cm³/mol. The second kappa shape index (κ2) is 5.45. The van der Waals surface area contributed by atoms with Crippen molar-refractivity contribution in [3.05, 3.63) is 34.2 Å². The fourth-order valence-electron chi connectivity index (χ4n) is 1.34. The van der Waals surface area contributed by atoms with E-state index in [9.17, 15) is 9.59 Å². The molecule has 0 unspecified atom stereocenters. The number of carbonyl (C=O) groups is 2. The zero-order valence-corrected chi connectivity index (χ0v) is 11.4. The van der Waals surface area contributed by atoms with Crippen LogP contribution in [0.4, 0.5) is 0 Å². The topological polar surface area (TPSA) is 101 Å². The molecule has 0 aliphatic rings. The Morgan fingerprint density at radius 1 is 1.37 bits per heavy atom. The number of thioether (sulfide) groups is 1. The first-order valence-corrected chi connectivity index (χ1v) is 6.93. The summed E-state index contributed by atoms with van der Waals surface area (Å²) in [7, 11) is 0. The van der Waals surface area contributed by atoms with Crippen molar-refractivity contribution < 1.29 is 24.2 Å². The third kappa shape index (κ3) is 3.15. The quantitative estimate of drug-likeness (QED) is 0.818. The summed E-state index contributed by atoms with van der Waals surface area (Å²) >= 11 is 2.40. The molecule has 2 rings (SSSR count). The number of thiazole rings is 1. The zero-order valence-electron chi connectivity index (χ0n) is 9.74. The molecule has 2 N–H and O–H groups in total. The highest BCUT2D eigenvalue weighted by Gasteiger charge is 2.15. The highest BCUT2D eigenvalue weighted by molar-refractivity contribution is 8.00. The first-order chi connectivity index (χ1) is 8.97. The normalized spacial score (nSPS) is 10.6. The van der Waals surface area contributed by atoms with Gasteiger partial charge in [0.2, 0.25) is 5.76 Å². The van der Waals surface area contributed by atoms with Gasteiger partial charge in [-0.3, -0.25) is 0 Å². The second-order valence-electron chi connectivity index (χ2n) is 3.56. The number of carboxylic acids is 2. The summed E-state index contributed by atoms with van der Waals surface area (Å²) in [5.41, 5.74) is 0.477. The van der Waals surface area contributed by atoms with Gasteiger partial charge in [0.15, 0.2) is 4.34 Å². The predicted octanol–water partition coefficient (Wildman–Crippen LogP) is 2.73. The Morgan fingerprint density at radius 2 is 2.11 bits per heavy atom. The Morgan fingerprint density at radius 3 is 2.63 bits per heavy atom. The summed E-state index contributed by atoms with van der Waals surface area (Å²) in [5, 5.41) is 17.6. The van der Waals surface area contributed by atoms with Crippen LogP contribution in [0.5, 0.6) is 0 Å². The molecule has 0 spiro atoms. The van der Waals surface area contributed by atoms with Crippen molar-refractivity contribution in [2.24, 2.45) is 0 Å². The third-order valence-electron chi connectivity index (χ3n) is 2.18. The Labute approximate surface area is 116 Å². The zero-order chi connectivity index (χ0) is 14.0. The molecule has 6 nitrogen and oxygen atoms in total. The van der Waals surface area contributed by atoms with Crippen LogP contribution in [0.15, 0.2) is 20.9 Å². The van der Waals surface area contributed by atoms with Crippen molar-refractivity contribution in [2.45, 2.75) is 17.0 Å². The lowest BCUT2D eigenvalue weighted by Crippen LogP contribution is -1.94. The molecule has 100 valence electrons. The molecule has 0 saturated carbocycles. The third-order valence-corrected chi connectivity index (χ3v) is 4.49. The molecule has 0 fully saturated rings. The van der Waals surface area contributed by atoms with Gasteiger partial charge in [0.1, 0.15) is 10.6 Å². The number of aryl methyl sites for hydroxylation is 1. The van der Waals surface area contributed by atoms with Crippen molar-refractivity contribution in [1.82, 2.24) is 4.98 Å². The minimum absolute atomic E-state index is 0.114. The van der Waals surface area contributed by atoms with E-state index in [1.807, 2.05) is 0 Å². The van der Waals surface area contributed by atoms with Crippen LogP contribution in [0.3, 0.4) is 0 Å². The molecule has 0 aliphatic carbocycles. The molecule has 0 bridgehead atoms. The highest BCUT2D eigenvalue weighted by atomic mass is 32.2. The molecule has 0 amide bonds. The number of carboxylic acid groups (broad SMARTS) is 2. The van der Waals surface area contributed by atoms with Gasteiger partial charge in [-0.25, -0.2) is 14.6 Å². The lowest BCUT2D eigenvalue weighted by molar-refractivity contribution is 0.0658. The van der Waals surface area contributed by atoms with E-state index < -0.39 is 11.9 Å². The Bertz CT molecular complexity index is 631. The number of nitrogens with zero attached hydrogens (tertiary/aromatic N) is 1. The Hall–Kier alpha value is -1.80. The maximum Gasteiger partial charge on any atom is 0.371 e. The average molecular weight is 299 g/mol. The number of aromatic carboxylic acids is 2. The van der Waals surface area contributed by atoms with E-state index in [2.05, 4.69) is 4.98 Å². The maximum atomic E-state index is 10.9. The Balaban J connectivity index is 2.03. The monoisotopic (exact) mass is 299 g/mol. The van der Waals surface area contributed by atoms with Crippen LogP contribution in [0.2, 0.25) is 0 Å². The van der Waals surface area contributed by atoms with Crippen LogP contribution in [0.1, 0.15) is 31.7 Å². The van der Waals surface area contributed by atoms with Gasteiger partial charge in [0, 0.05) is 0 Å². The molecular formula is C11H9NO5S2. The van der Waals surface area contributed by atoms with Crippen LogP contribution in [0.25, 0.3) is 0 Å². The van der Waals surface area contributed by atoms with E-state index in [1.54, 1.807) is 13.0 Å².